The molecule has 3 aliphatic heterocycles. The van der Waals surface area contributed by atoms with E-state index in [2.05, 4.69) is 38.9 Å². The van der Waals surface area contributed by atoms with E-state index in [1.54, 1.807) is 11.6 Å². The smallest absolute Gasteiger partial charge is 0.219 e. The zero-order valence-corrected chi connectivity index (χ0v) is 20.1. The minimum Gasteiger partial charge on any atom is -0.379 e. The molecule has 1 fully saturated rings. The number of carbonyl (C=O) groups excluding carboxylic acids is 1. The molecule has 3 aromatic rings. The normalized spacial score (nSPS) is 21.5. The topological polar surface area (TPSA) is 92.2 Å². The lowest BCUT2D eigenvalue weighted by atomic mass is 9.91. The van der Waals surface area contributed by atoms with Crippen LogP contribution in [0.2, 0.25) is 0 Å². The summed E-state index contributed by atoms with van der Waals surface area (Å²) in [6.07, 6.45) is 6.29. The van der Waals surface area contributed by atoms with Crippen LogP contribution in [-0.4, -0.2) is 56.7 Å². The Bertz CT molecular complexity index is 1330. The number of amides is 1. The summed E-state index contributed by atoms with van der Waals surface area (Å²) >= 11 is 0. The second-order valence-corrected chi connectivity index (χ2v) is 9.79. The maximum Gasteiger partial charge on any atom is 0.219 e. The standard InChI is InChI=1S/C26H29N7O2/c1-17(34)31-7-5-25-23(15-31)26(29-33(25)22-6-8-35-16-22)32-13-18(11-27)9-20-10-19(3-4-24(20)32)21-12-28-30(2)14-21/h3-4,10,12,14,18,22H,5-9,13,15-16H2,1-2H3/t18?,22-/m0/s1. The van der Waals surface area contributed by atoms with Gasteiger partial charge in [-0.05, 0) is 36.1 Å². The first-order chi connectivity index (χ1) is 17.0. The van der Waals surface area contributed by atoms with Crippen molar-refractivity contribution in [3.05, 3.63) is 47.4 Å². The Balaban J connectivity index is 1.46. The molecule has 2 atom stereocenters. The molecule has 0 radical (unpaired) electrons. The first-order valence-corrected chi connectivity index (χ1v) is 12.2. The van der Waals surface area contributed by atoms with Crippen LogP contribution in [0.3, 0.4) is 0 Å². The molecule has 0 aliphatic carbocycles. The Morgan fingerprint density at radius 1 is 1.29 bits per heavy atom. The molecule has 1 amide bonds. The van der Waals surface area contributed by atoms with E-state index in [0.717, 1.165) is 53.2 Å². The van der Waals surface area contributed by atoms with Gasteiger partial charge in [-0.25, -0.2) is 0 Å². The number of aryl methyl sites for hydroxylation is 1. The predicted molar refractivity (Wildman–Crippen MR) is 130 cm³/mol. The molecule has 35 heavy (non-hydrogen) atoms. The Morgan fingerprint density at radius 2 is 2.17 bits per heavy atom. The van der Waals surface area contributed by atoms with Gasteiger partial charge in [-0.2, -0.15) is 15.5 Å². The van der Waals surface area contributed by atoms with Gasteiger partial charge >= 0.3 is 0 Å². The second-order valence-electron chi connectivity index (χ2n) is 9.79. The lowest BCUT2D eigenvalue weighted by Gasteiger charge is -2.34. The van der Waals surface area contributed by atoms with Crippen LogP contribution < -0.4 is 4.90 Å². The molecule has 1 saturated heterocycles. The molecule has 6 rings (SSSR count). The van der Waals surface area contributed by atoms with Crippen LogP contribution in [0.15, 0.2) is 30.6 Å². The van der Waals surface area contributed by atoms with Crippen molar-refractivity contribution < 1.29 is 9.53 Å². The number of hydrogen-bond donors (Lipinski definition) is 0. The van der Waals surface area contributed by atoms with Crippen LogP contribution in [-0.2, 0) is 36.0 Å². The Labute approximate surface area is 204 Å². The van der Waals surface area contributed by atoms with Crippen molar-refractivity contribution in [1.82, 2.24) is 24.5 Å². The second kappa shape index (κ2) is 8.54. The van der Waals surface area contributed by atoms with Crippen molar-refractivity contribution in [2.24, 2.45) is 13.0 Å². The minimum atomic E-state index is -0.144. The maximum atomic E-state index is 12.2. The summed E-state index contributed by atoms with van der Waals surface area (Å²) in [6.45, 7) is 4.86. The third-order valence-corrected chi connectivity index (χ3v) is 7.48. The van der Waals surface area contributed by atoms with Gasteiger partial charge in [-0.1, -0.05) is 6.07 Å². The highest BCUT2D eigenvalue weighted by Crippen LogP contribution is 2.41. The van der Waals surface area contributed by atoms with Gasteiger partial charge in [-0.15, -0.1) is 0 Å². The maximum absolute atomic E-state index is 12.2. The SMILES string of the molecule is CC(=O)N1CCc2c(c(N3CC(C#N)Cc4cc(-c5cnn(C)c5)ccc43)nn2[C@H]2CCOC2)C1. The van der Waals surface area contributed by atoms with Gasteiger partial charge in [0.1, 0.15) is 0 Å². The van der Waals surface area contributed by atoms with Gasteiger partial charge in [-0.3, -0.25) is 14.2 Å². The van der Waals surface area contributed by atoms with Crippen molar-refractivity contribution in [3.63, 3.8) is 0 Å². The molecule has 0 bridgehead atoms. The molecular formula is C26H29N7O2. The molecule has 2 aromatic heterocycles. The van der Waals surface area contributed by atoms with E-state index in [1.807, 2.05) is 24.3 Å². The summed E-state index contributed by atoms with van der Waals surface area (Å²) < 4.78 is 9.62. The number of carbonyl (C=O) groups is 1. The Hall–Kier alpha value is -3.64. The van der Waals surface area contributed by atoms with Crippen LogP contribution in [0.5, 0.6) is 0 Å². The fourth-order valence-corrected chi connectivity index (χ4v) is 5.63. The van der Waals surface area contributed by atoms with E-state index in [-0.39, 0.29) is 17.9 Å². The van der Waals surface area contributed by atoms with E-state index >= 15 is 0 Å². The summed E-state index contributed by atoms with van der Waals surface area (Å²) in [6, 6.07) is 9.15. The van der Waals surface area contributed by atoms with E-state index < -0.39 is 0 Å². The lowest BCUT2D eigenvalue weighted by molar-refractivity contribution is -0.129. The van der Waals surface area contributed by atoms with Gasteiger partial charge in [0.05, 0.1) is 37.4 Å². The van der Waals surface area contributed by atoms with Crippen LogP contribution in [0, 0.1) is 17.2 Å². The highest BCUT2D eigenvalue weighted by molar-refractivity contribution is 5.76. The number of nitriles is 1. The van der Waals surface area contributed by atoms with Gasteiger partial charge in [0.25, 0.3) is 0 Å². The zero-order chi connectivity index (χ0) is 24.1. The molecule has 0 spiro atoms. The fraction of sp³-hybridized carbons (Fsp3) is 0.462. The van der Waals surface area contributed by atoms with Gasteiger partial charge in [0, 0.05) is 68.8 Å². The molecule has 9 nitrogen and oxygen atoms in total. The zero-order valence-electron chi connectivity index (χ0n) is 20.1. The molecule has 9 heteroatoms. The van der Waals surface area contributed by atoms with Gasteiger partial charge < -0.3 is 14.5 Å². The van der Waals surface area contributed by atoms with E-state index in [0.29, 0.717) is 32.7 Å². The summed E-state index contributed by atoms with van der Waals surface area (Å²) in [5, 5.41) is 19.4. The first kappa shape index (κ1) is 21.9. The number of aromatic nitrogens is 4. The van der Waals surface area contributed by atoms with E-state index in [1.165, 1.54) is 5.69 Å². The minimum absolute atomic E-state index is 0.0774. The number of ether oxygens (including phenoxy) is 1. The summed E-state index contributed by atoms with van der Waals surface area (Å²) in [5.74, 6) is 0.802. The van der Waals surface area contributed by atoms with Gasteiger partial charge in [0.15, 0.2) is 5.82 Å². The molecule has 1 unspecified atom stereocenters. The number of anilines is 2. The number of hydrogen-bond acceptors (Lipinski definition) is 6. The van der Waals surface area contributed by atoms with Crippen LogP contribution in [0.4, 0.5) is 11.5 Å². The highest BCUT2D eigenvalue weighted by atomic mass is 16.5. The van der Waals surface area contributed by atoms with Crippen molar-refractivity contribution in [2.75, 3.05) is 31.2 Å². The van der Waals surface area contributed by atoms with Crippen molar-refractivity contribution >= 4 is 17.4 Å². The summed E-state index contributed by atoms with van der Waals surface area (Å²) in [5.41, 5.74) is 6.66. The largest absolute Gasteiger partial charge is 0.379 e. The van der Waals surface area contributed by atoms with Gasteiger partial charge in [0.2, 0.25) is 5.91 Å². The molecule has 1 aromatic carbocycles. The lowest BCUT2D eigenvalue weighted by Crippen LogP contribution is -2.36. The van der Waals surface area contributed by atoms with E-state index in [9.17, 15) is 10.1 Å². The predicted octanol–water partition coefficient (Wildman–Crippen LogP) is 2.98. The van der Waals surface area contributed by atoms with E-state index in [4.69, 9.17) is 9.84 Å². The van der Waals surface area contributed by atoms with Crippen LogP contribution in [0.1, 0.15) is 36.2 Å². The van der Waals surface area contributed by atoms with Crippen molar-refractivity contribution in [3.8, 4) is 17.2 Å². The number of fused-ring (bicyclic) bond motifs is 2. The van der Waals surface area contributed by atoms with Crippen molar-refractivity contribution in [1.29, 1.82) is 5.26 Å². The monoisotopic (exact) mass is 471 g/mol. The number of nitrogens with zero attached hydrogens (tertiary/aromatic N) is 7. The Kier molecular flexibility index (Phi) is 5.33. The number of benzene rings is 1. The molecular weight excluding hydrogens is 442 g/mol. The van der Waals surface area contributed by atoms with Crippen LogP contribution in [0.25, 0.3) is 11.1 Å². The third kappa shape index (κ3) is 3.78. The number of rotatable bonds is 3. The summed E-state index contributed by atoms with van der Waals surface area (Å²) in [7, 11) is 1.91. The Morgan fingerprint density at radius 3 is 2.89 bits per heavy atom. The average Bonchev–Trinajstić information content (AvgIpc) is 3.62. The quantitative estimate of drug-likeness (QED) is 0.583. The van der Waals surface area contributed by atoms with Crippen LogP contribution >= 0.6 is 0 Å². The first-order valence-electron chi connectivity index (χ1n) is 12.2. The van der Waals surface area contributed by atoms with Crippen molar-refractivity contribution in [2.45, 2.75) is 38.8 Å². The average molecular weight is 472 g/mol. The molecule has 0 saturated carbocycles. The highest BCUT2D eigenvalue weighted by Gasteiger charge is 2.35. The third-order valence-electron chi connectivity index (χ3n) is 7.48. The fourth-order valence-electron chi connectivity index (χ4n) is 5.63. The molecule has 3 aliphatic rings. The summed E-state index contributed by atoms with van der Waals surface area (Å²) in [4.78, 5) is 16.3. The molecule has 180 valence electrons. The molecule has 5 heterocycles. The molecule has 0 N–H and O–H groups in total.